The van der Waals surface area contributed by atoms with Crippen LogP contribution >= 0.6 is 0 Å². The van der Waals surface area contributed by atoms with Crippen molar-refractivity contribution in [2.45, 2.75) is 13.5 Å². The van der Waals surface area contributed by atoms with Gasteiger partial charge in [0, 0.05) is 24.9 Å². The first-order valence-electron chi connectivity index (χ1n) is 5.97. The van der Waals surface area contributed by atoms with Gasteiger partial charge in [-0.25, -0.2) is 8.42 Å². The quantitative estimate of drug-likeness (QED) is 0.742. The van der Waals surface area contributed by atoms with Crippen LogP contribution in [0, 0.1) is 0 Å². The average molecular weight is 288 g/mol. The molecular weight excluding hydrogens is 268 g/mol. The van der Waals surface area contributed by atoms with E-state index in [-0.39, 0.29) is 18.9 Å². The van der Waals surface area contributed by atoms with Crippen LogP contribution < -0.4 is 15.2 Å². The number of sulfonamides is 1. The van der Waals surface area contributed by atoms with E-state index in [4.69, 9.17) is 15.2 Å². The molecule has 0 fully saturated rings. The summed E-state index contributed by atoms with van der Waals surface area (Å²) in [6.45, 7) is 2.84. The highest BCUT2D eigenvalue weighted by Gasteiger charge is 2.11. The van der Waals surface area contributed by atoms with E-state index in [0.717, 1.165) is 5.56 Å². The highest BCUT2D eigenvalue weighted by atomic mass is 32.2. The van der Waals surface area contributed by atoms with Crippen molar-refractivity contribution in [1.82, 2.24) is 0 Å². The molecule has 0 saturated carbocycles. The van der Waals surface area contributed by atoms with E-state index in [1.54, 1.807) is 18.2 Å². The van der Waals surface area contributed by atoms with Gasteiger partial charge in [0.25, 0.3) is 0 Å². The zero-order chi connectivity index (χ0) is 14.3. The molecule has 0 spiro atoms. The smallest absolute Gasteiger partial charge is 0.234 e. The first-order valence-corrected chi connectivity index (χ1v) is 7.63. The highest BCUT2D eigenvalue weighted by molar-refractivity contribution is 7.92. The molecule has 0 bridgehead atoms. The van der Waals surface area contributed by atoms with Crippen molar-refractivity contribution in [2.75, 3.05) is 30.8 Å². The molecule has 0 unspecified atom stereocenters. The molecule has 1 aromatic rings. The predicted octanol–water partition coefficient (Wildman–Crippen LogP) is 0.932. The molecule has 0 amide bonds. The van der Waals surface area contributed by atoms with E-state index < -0.39 is 10.0 Å². The van der Waals surface area contributed by atoms with Crippen LogP contribution in [-0.2, 0) is 21.3 Å². The number of benzene rings is 1. The van der Waals surface area contributed by atoms with Gasteiger partial charge in [0.15, 0.2) is 0 Å². The Kier molecular flexibility index (Phi) is 6.07. The van der Waals surface area contributed by atoms with Gasteiger partial charge in [-0.15, -0.1) is 0 Å². The zero-order valence-electron chi connectivity index (χ0n) is 11.2. The maximum atomic E-state index is 11.7. The number of nitrogens with two attached hydrogens (primary N) is 1. The summed E-state index contributed by atoms with van der Waals surface area (Å²) in [5.74, 6) is 0.583. The second kappa shape index (κ2) is 7.32. The molecule has 0 aliphatic heterocycles. The number of rotatable bonds is 8. The molecule has 3 N–H and O–H groups in total. The minimum Gasteiger partial charge on any atom is -0.494 e. The first-order chi connectivity index (χ1) is 9.02. The molecule has 0 aromatic heterocycles. The lowest BCUT2D eigenvalue weighted by Crippen LogP contribution is -2.19. The molecule has 0 aliphatic rings. The lowest BCUT2D eigenvalue weighted by atomic mass is 10.2. The minimum absolute atomic E-state index is 0.0886. The summed E-state index contributed by atoms with van der Waals surface area (Å²) in [7, 11) is -1.95. The highest BCUT2D eigenvalue weighted by Crippen LogP contribution is 2.23. The van der Waals surface area contributed by atoms with Crippen molar-refractivity contribution in [2.24, 2.45) is 5.73 Å². The van der Waals surface area contributed by atoms with Crippen molar-refractivity contribution in [3.63, 3.8) is 0 Å². The fraction of sp³-hybridized carbons (Fsp3) is 0.500. The summed E-state index contributed by atoms with van der Waals surface area (Å²) in [4.78, 5) is 0. The third-order valence-electron chi connectivity index (χ3n) is 2.41. The van der Waals surface area contributed by atoms with Gasteiger partial charge in [-0.1, -0.05) is 0 Å². The fourth-order valence-electron chi connectivity index (χ4n) is 1.52. The van der Waals surface area contributed by atoms with E-state index in [9.17, 15) is 8.42 Å². The van der Waals surface area contributed by atoms with Gasteiger partial charge in [-0.05, 0) is 25.1 Å². The van der Waals surface area contributed by atoms with Crippen LogP contribution in [0.25, 0.3) is 0 Å². The van der Waals surface area contributed by atoms with Crippen LogP contribution in [0.3, 0.4) is 0 Å². The van der Waals surface area contributed by atoms with Crippen molar-refractivity contribution < 1.29 is 17.9 Å². The van der Waals surface area contributed by atoms with Crippen molar-refractivity contribution in [3.05, 3.63) is 23.8 Å². The van der Waals surface area contributed by atoms with Crippen LogP contribution in [0.15, 0.2) is 18.2 Å². The summed E-state index contributed by atoms with van der Waals surface area (Å²) < 4.78 is 36.1. The molecule has 1 aromatic carbocycles. The van der Waals surface area contributed by atoms with E-state index in [1.807, 2.05) is 6.92 Å². The van der Waals surface area contributed by atoms with Crippen molar-refractivity contribution in [1.29, 1.82) is 0 Å². The van der Waals surface area contributed by atoms with Gasteiger partial charge >= 0.3 is 0 Å². The monoisotopic (exact) mass is 288 g/mol. The summed E-state index contributed by atoms with van der Waals surface area (Å²) in [6.07, 6.45) is 0. The molecular formula is C12H20N2O4S. The largest absolute Gasteiger partial charge is 0.494 e. The van der Waals surface area contributed by atoms with E-state index in [0.29, 0.717) is 18.0 Å². The van der Waals surface area contributed by atoms with E-state index >= 15 is 0 Å². The SMILES string of the molecule is CCOc1ccc(NS(=O)(=O)CCOC)cc1CN. The molecule has 1 rings (SSSR count). The maximum absolute atomic E-state index is 11.7. The third kappa shape index (κ3) is 5.06. The molecule has 7 heteroatoms. The lowest BCUT2D eigenvalue weighted by Gasteiger charge is -2.12. The number of hydrogen-bond acceptors (Lipinski definition) is 5. The Balaban J connectivity index is 2.85. The van der Waals surface area contributed by atoms with Gasteiger partial charge in [0.1, 0.15) is 5.75 Å². The van der Waals surface area contributed by atoms with Gasteiger partial charge in [0.2, 0.25) is 10.0 Å². The van der Waals surface area contributed by atoms with E-state index in [1.165, 1.54) is 7.11 Å². The molecule has 0 heterocycles. The average Bonchev–Trinajstić information content (AvgIpc) is 2.38. The number of hydrogen-bond donors (Lipinski definition) is 2. The van der Waals surface area contributed by atoms with Crippen LogP contribution in [0.4, 0.5) is 5.69 Å². The molecule has 108 valence electrons. The normalized spacial score (nSPS) is 11.3. The van der Waals surface area contributed by atoms with Gasteiger partial charge < -0.3 is 15.2 Å². The van der Waals surface area contributed by atoms with Crippen LogP contribution in [0.2, 0.25) is 0 Å². The summed E-state index contributed by atoms with van der Waals surface area (Å²) in [5.41, 5.74) is 6.85. The molecule has 6 nitrogen and oxygen atoms in total. The van der Waals surface area contributed by atoms with Crippen LogP contribution in [0.1, 0.15) is 12.5 Å². The fourth-order valence-corrected chi connectivity index (χ4v) is 2.50. The Morgan fingerprint density at radius 3 is 2.68 bits per heavy atom. The lowest BCUT2D eigenvalue weighted by molar-refractivity contribution is 0.217. The van der Waals surface area contributed by atoms with Crippen LogP contribution in [0.5, 0.6) is 5.75 Å². The van der Waals surface area contributed by atoms with Crippen LogP contribution in [-0.4, -0.2) is 34.5 Å². The number of anilines is 1. The Bertz CT molecular complexity index is 502. The zero-order valence-corrected chi connectivity index (χ0v) is 12.0. The second-order valence-electron chi connectivity index (χ2n) is 3.87. The summed E-state index contributed by atoms with van der Waals surface area (Å²) in [6, 6.07) is 5.03. The topological polar surface area (TPSA) is 90.6 Å². The van der Waals surface area contributed by atoms with Crippen molar-refractivity contribution >= 4 is 15.7 Å². The standard InChI is InChI=1S/C12H20N2O4S/c1-3-18-12-5-4-11(8-10(12)9-13)14-19(15,16)7-6-17-2/h4-5,8,14H,3,6-7,9,13H2,1-2H3. The first kappa shape index (κ1) is 15.7. The van der Waals surface area contributed by atoms with E-state index in [2.05, 4.69) is 4.72 Å². The summed E-state index contributed by atoms with van der Waals surface area (Å²) >= 11 is 0. The molecule has 19 heavy (non-hydrogen) atoms. The third-order valence-corrected chi connectivity index (χ3v) is 3.66. The van der Waals surface area contributed by atoms with Gasteiger partial charge in [-0.3, -0.25) is 4.72 Å². The maximum Gasteiger partial charge on any atom is 0.234 e. The molecule has 0 radical (unpaired) electrons. The number of nitrogens with one attached hydrogen (secondary N) is 1. The minimum atomic E-state index is -3.40. The second-order valence-corrected chi connectivity index (χ2v) is 5.72. The van der Waals surface area contributed by atoms with Crippen molar-refractivity contribution in [3.8, 4) is 5.75 Å². The Labute approximate surface area is 113 Å². The summed E-state index contributed by atoms with van der Waals surface area (Å²) in [5, 5.41) is 0. The molecule has 0 aliphatic carbocycles. The number of ether oxygens (including phenoxy) is 2. The Hall–Kier alpha value is -1.31. The van der Waals surface area contributed by atoms with Gasteiger partial charge in [-0.2, -0.15) is 0 Å². The number of methoxy groups -OCH3 is 1. The molecule has 0 saturated heterocycles. The van der Waals surface area contributed by atoms with Gasteiger partial charge in [0.05, 0.1) is 19.0 Å². The molecule has 0 atom stereocenters. The Morgan fingerprint density at radius 2 is 2.11 bits per heavy atom. The predicted molar refractivity (Wildman–Crippen MR) is 74.8 cm³/mol. The Morgan fingerprint density at radius 1 is 1.37 bits per heavy atom.